The van der Waals surface area contributed by atoms with Crippen molar-refractivity contribution in [1.29, 1.82) is 0 Å². The van der Waals surface area contributed by atoms with Gasteiger partial charge in [-0.2, -0.15) is 0 Å². The first-order chi connectivity index (χ1) is 7.84. The van der Waals surface area contributed by atoms with Gasteiger partial charge in [-0.25, -0.2) is 4.98 Å². The Morgan fingerprint density at radius 3 is 3.12 bits per heavy atom. The molecule has 1 aromatic carbocycles. The zero-order valence-electron chi connectivity index (χ0n) is 9.40. The standard InChI is InChI=1S/C14H14N2/c1-16-9-8-15-14(16)13-7-6-11-4-2-3-5-12(11)10-13/h6-10H,2-4H2,1H3. The topological polar surface area (TPSA) is 17.8 Å². The molecule has 0 atom stereocenters. The number of imidazole rings is 1. The van der Waals surface area contributed by atoms with Crippen LogP contribution in [0, 0.1) is 6.42 Å². The summed E-state index contributed by atoms with van der Waals surface area (Å²) in [5, 5.41) is 0. The number of hydrogen-bond acceptors (Lipinski definition) is 1. The third kappa shape index (κ3) is 1.54. The van der Waals surface area contributed by atoms with Crippen LogP contribution in [0.4, 0.5) is 0 Å². The van der Waals surface area contributed by atoms with Crippen molar-refractivity contribution < 1.29 is 0 Å². The number of hydrogen-bond donors (Lipinski definition) is 0. The molecule has 0 spiro atoms. The molecule has 0 saturated carbocycles. The van der Waals surface area contributed by atoms with Gasteiger partial charge in [0.05, 0.1) is 0 Å². The minimum atomic E-state index is 1.02. The second-order valence-corrected chi connectivity index (χ2v) is 4.26. The van der Waals surface area contributed by atoms with E-state index in [1.807, 2.05) is 24.0 Å². The lowest BCUT2D eigenvalue weighted by Gasteiger charge is -2.15. The van der Waals surface area contributed by atoms with Crippen LogP contribution in [0.1, 0.15) is 24.0 Å². The number of nitrogens with zero attached hydrogens (tertiary/aromatic N) is 2. The zero-order valence-corrected chi connectivity index (χ0v) is 9.40. The Morgan fingerprint density at radius 2 is 2.31 bits per heavy atom. The van der Waals surface area contributed by atoms with Gasteiger partial charge in [0.15, 0.2) is 0 Å². The Labute approximate surface area is 95.9 Å². The highest BCUT2D eigenvalue weighted by Gasteiger charge is 2.12. The van der Waals surface area contributed by atoms with Crippen LogP contribution in [0.2, 0.25) is 0 Å². The molecule has 0 unspecified atom stereocenters. The lowest BCUT2D eigenvalue weighted by molar-refractivity contribution is 0.775. The summed E-state index contributed by atoms with van der Waals surface area (Å²) in [6, 6.07) is 6.58. The van der Waals surface area contributed by atoms with E-state index in [0.29, 0.717) is 0 Å². The first kappa shape index (κ1) is 9.64. The molecule has 1 aromatic heterocycles. The van der Waals surface area contributed by atoms with Crippen molar-refractivity contribution in [2.45, 2.75) is 19.3 Å². The first-order valence-electron chi connectivity index (χ1n) is 5.69. The summed E-state index contributed by atoms with van der Waals surface area (Å²) in [6.07, 6.45) is 10.8. The second kappa shape index (κ2) is 3.78. The van der Waals surface area contributed by atoms with Crippen LogP contribution in [0.25, 0.3) is 11.4 Å². The Morgan fingerprint density at radius 1 is 1.38 bits per heavy atom. The van der Waals surface area contributed by atoms with E-state index in [-0.39, 0.29) is 0 Å². The number of aromatic nitrogens is 2. The van der Waals surface area contributed by atoms with Crippen LogP contribution in [0.15, 0.2) is 30.6 Å². The maximum absolute atomic E-state index is 4.37. The normalized spacial score (nSPS) is 14.8. The van der Waals surface area contributed by atoms with Crippen molar-refractivity contribution in [2.75, 3.05) is 0 Å². The highest BCUT2D eigenvalue weighted by atomic mass is 15.0. The smallest absolute Gasteiger partial charge is 0.139 e. The van der Waals surface area contributed by atoms with Crippen LogP contribution in [-0.4, -0.2) is 9.55 Å². The van der Waals surface area contributed by atoms with Crippen LogP contribution in [0.5, 0.6) is 0 Å². The highest BCUT2D eigenvalue weighted by molar-refractivity contribution is 5.59. The van der Waals surface area contributed by atoms with Crippen molar-refractivity contribution in [3.05, 3.63) is 48.1 Å². The predicted molar refractivity (Wildman–Crippen MR) is 63.9 cm³/mol. The van der Waals surface area contributed by atoms with Crippen molar-refractivity contribution in [3.8, 4) is 11.4 Å². The molecule has 2 nitrogen and oxygen atoms in total. The van der Waals surface area contributed by atoms with Gasteiger partial charge in [-0.15, -0.1) is 0 Å². The van der Waals surface area contributed by atoms with Gasteiger partial charge >= 0.3 is 0 Å². The Hall–Kier alpha value is -1.57. The van der Waals surface area contributed by atoms with E-state index in [0.717, 1.165) is 12.2 Å². The number of fused-ring (bicyclic) bond motifs is 1. The van der Waals surface area contributed by atoms with E-state index in [1.54, 1.807) is 0 Å². The zero-order chi connectivity index (χ0) is 11.0. The fourth-order valence-corrected chi connectivity index (χ4v) is 2.24. The molecule has 0 bridgehead atoms. The van der Waals surface area contributed by atoms with Gasteiger partial charge in [-0.1, -0.05) is 12.1 Å². The minimum absolute atomic E-state index is 1.02. The van der Waals surface area contributed by atoms with E-state index in [4.69, 9.17) is 0 Å². The maximum atomic E-state index is 4.37. The Bertz CT molecular complexity index is 511. The summed E-state index contributed by atoms with van der Waals surface area (Å²) < 4.78 is 2.05. The second-order valence-electron chi connectivity index (χ2n) is 4.26. The van der Waals surface area contributed by atoms with Crippen molar-refractivity contribution in [3.63, 3.8) is 0 Å². The van der Waals surface area contributed by atoms with Crippen LogP contribution >= 0.6 is 0 Å². The van der Waals surface area contributed by atoms with Crippen molar-refractivity contribution >= 4 is 0 Å². The molecule has 0 saturated heterocycles. The third-order valence-corrected chi connectivity index (χ3v) is 3.13. The van der Waals surface area contributed by atoms with Gasteiger partial charge in [0, 0.05) is 31.4 Å². The van der Waals surface area contributed by atoms with Crippen molar-refractivity contribution in [2.24, 2.45) is 7.05 Å². The summed E-state index contributed by atoms with van der Waals surface area (Å²) in [5.74, 6) is 1.02. The fraction of sp³-hybridized carbons (Fsp3) is 0.286. The Kier molecular flexibility index (Phi) is 2.28. The van der Waals surface area contributed by atoms with Gasteiger partial charge < -0.3 is 4.57 Å². The quantitative estimate of drug-likeness (QED) is 0.707. The summed E-state index contributed by atoms with van der Waals surface area (Å²) >= 11 is 0. The third-order valence-electron chi connectivity index (χ3n) is 3.13. The molecule has 0 N–H and O–H groups in total. The molecule has 2 radical (unpaired) electrons. The number of aryl methyl sites for hydroxylation is 2. The summed E-state index contributed by atoms with van der Waals surface area (Å²) in [6.45, 7) is 0. The lowest BCUT2D eigenvalue weighted by atomic mass is 9.90. The molecule has 16 heavy (non-hydrogen) atoms. The SMILES string of the molecule is Cn1ccnc1-c1ccc2c(c1)[C]CCC2. The molecule has 0 amide bonds. The van der Waals surface area contributed by atoms with E-state index < -0.39 is 0 Å². The summed E-state index contributed by atoms with van der Waals surface area (Å²) in [7, 11) is 2.02. The molecular weight excluding hydrogens is 196 g/mol. The first-order valence-corrected chi connectivity index (χ1v) is 5.69. The lowest BCUT2D eigenvalue weighted by Crippen LogP contribution is -2.01. The van der Waals surface area contributed by atoms with E-state index in [2.05, 4.69) is 29.6 Å². The molecule has 80 valence electrons. The number of rotatable bonds is 1. The molecule has 1 heterocycles. The van der Waals surface area contributed by atoms with Gasteiger partial charge in [0.25, 0.3) is 0 Å². The average molecular weight is 210 g/mol. The van der Waals surface area contributed by atoms with Crippen LogP contribution in [0.3, 0.4) is 0 Å². The summed E-state index contributed by atoms with van der Waals surface area (Å²) in [4.78, 5) is 4.37. The average Bonchev–Trinajstić information content (AvgIpc) is 2.75. The van der Waals surface area contributed by atoms with Gasteiger partial charge in [-0.3, -0.25) is 0 Å². The van der Waals surface area contributed by atoms with Crippen molar-refractivity contribution in [1.82, 2.24) is 9.55 Å². The summed E-state index contributed by atoms with van der Waals surface area (Å²) in [5.41, 5.74) is 3.87. The molecule has 0 fully saturated rings. The van der Waals surface area contributed by atoms with Gasteiger partial charge in [-0.05, 0) is 36.5 Å². The van der Waals surface area contributed by atoms with E-state index in [1.165, 1.54) is 29.5 Å². The van der Waals surface area contributed by atoms with Gasteiger partial charge in [0.2, 0.25) is 0 Å². The molecule has 3 rings (SSSR count). The van der Waals surface area contributed by atoms with E-state index in [9.17, 15) is 0 Å². The molecular formula is C14H14N2. The fourth-order valence-electron chi connectivity index (χ4n) is 2.24. The maximum Gasteiger partial charge on any atom is 0.139 e. The Balaban J connectivity index is 2.06. The molecule has 2 aromatic rings. The predicted octanol–water partition coefficient (Wildman–Crippen LogP) is 2.85. The highest BCUT2D eigenvalue weighted by Crippen LogP contribution is 2.27. The largest absolute Gasteiger partial charge is 0.334 e. The number of benzene rings is 1. The molecule has 1 aliphatic rings. The molecule has 2 heteroatoms. The van der Waals surface area contributed by atoms with Crippen LogP contribution in [-0.2, 0) is 13.5 Å². The van der Waals surface area contributed by atoms with Gasteiger partial charge in [0.1, 0.15) is 5.82 Å². The molecule has 1 aliphatic carbocycles. The van der Waals surface area contributed by atoms with Crippen LogP contribution < -0.4 is 0 Å². The minimum Gasteiger partial charge on any atom is -0.334 e. The molecule has 0 aliphatic heterocycles. The van der Waals surface area contributed by atoms with E-state index >= 15 is 0 Å². The monoisotopic (exact) mass is 210 g/mol.